The van der Waals surface area contributed by atoms with Gasteiger partial charge in [-0.25, -0.2) is 0 Å². The van der Waals surface area contributed by atoms with Crippen LogP contribution < -0.4 is 15.8 Å². The van der Waals surface area contributed by atoms with E-state index in [-0.39, 0.29) is 11.3 Å². The Balaban J connectivity index is 2.39. The summed E-state index contributed by atoms with van der Waals surface area (Å²) in [5.41, 5.74) is 7.02. The van der Waals surface area contributed by atoms with Crippen molar-refractivity contribution < 1.29 is 9.53 Å². The van der Waals surface area contributed by atoms with Crippen molar-refractivity contribution in [2.45, 2.75) is 39.5 Å². The average Bonchev–Trinajstić information content (AvgIpc) is 2.55. The molecule has 1 aromatic carbocycles. The number of nitrogens with one attached hydrogen (secondary N) is 1. The van der Waals surface area contributed by atoms with E-state index in [9.17, 15) is 4.79 Å². The van der Waals surface area contributed by atoms with Gasteiger partial charge in [-0.1, -0.05) is 26.0 Å². The van der Waals surface area contributed by atoms with Gasteiger partial charge >= 0.3 is 0 Å². The van der Waals surface area contributed by atoms with E-state index < -0.39 is 0 Å². The summed E-state index contributed by atoms with van der Waals surface area (Å²) >= 11 is 0. The van der Waals surface area contributed by atoms with Gasteiger partial charge in [-0.05, 0) is 48.9 Å². The van der Waals surface area contributed by atoms with Crippen LogP contribution >= 0.6 is 0 Å². The molecule has 0 heterocycles. The monoisotopic (exact) mass is 292 g/mol. The van der Waals surface area contributed by atoms with E-state index in [1.807, 2.05) is 24.3 Å². The van der Waals surface area contributed by atoms with E-state index in [1.54, 1.807) is 7.11 Å². The summed E-state index contributed by atoms with van der Waals surface area (Å²) in [6.07, 6.45) is 3.21. The third kappa shape index (κ3) is 5.38. The molecule has 0 bridgehead atoms. The van der Waals surface area contributed by atoms with Gasteiger partial charge in [0.15, 0.2) is 0 Å². The van der Waals surface area contributed by atoms with Gasteiger partial charge in [-0.15, -0.1) is 0 Å². The predicted molar refractivity (Wildman–Crippen MR) is 86.4 cm³/mol. The van der Waals surface area contributed by atoms with Gasteiger partial charge in [0.05, 0.1) is 7.11 Å². The molecule has 118 valence electrons. The lowest BCUT2D eigenvalue weighted by Gasteiger charge is -2.30. The number of ether oxygens (including phenoxy) is 1. The van der Waals surface area contributed by atoms with Gasteiger partial charge in [-0.3, -0.25) is 4.79 Å². The molecule has 1 amide bonds. The maximum absolute atomic E-state index is 12.0. The molecule has 0 fully saturated rings. The molecule has 0 spiro atoms. The topological polar surface area (TPSA) is 64.3 Å². The van der Waals surface area contributed by atoms with Crippen LogP contribution in [0.4, 0.5) is 0 Å². The van der Waals surface area contributed by atoms with Gasteiger partial charge in [0, 0.05) is 13.0 Å². The quantitative estimate of drug-likeness (QED) is 0.735. The number of nitrogens with two attached hydrogens (primary N) is 1. The van der Waals surface area contributed by atoms with Crippen LogP contribution in [-0.2, 0) is 11.2 Å². The highest BCUT2D eigenvalue weighted by Crippen LogP contribution is 2.23. The summed E-state index contributed by atoms with van der Waals surface area (Å²) in [6, 6.07) is 7.82. The second kappa shape index (κ2) is 8.67. The summed E-state index contributed by atoms with van der Waals surface area (Å²) in [5.74, 6) is 0.923. The summed E-state index contributed by atoms with van der Waals surface area (Å²) in [5, 5.41) is 3.03. The predicted octanol–water partition coefficient (Wildman–Crippen LogP) is 2.51. The van der Waals surface area contributed by atoms with Crippen LogP contribution in [0.25, 0.3) is 0 Å². The van der Waals surface area contributed by atoms with E-state index in [4.69, 9.17) is 10.5 Å². The van der Waals surface area contributed by atoms with Crippen LogP contribution in [0.1, 0.15) is 38.7 Å². The van der Waals surface area contributed by atoms with Crippen molar-refractivity contribution in [2.75, 3.05) is 20.2 Å². The minimum absolute atomic E-state index is 0.0375. The third-order valence-corrected chi connectivity index (χ3v) is 4.39. The summed E-state index contributed by atoms with van der Waals surface area (Å²) in [4.78, 5) is 12.0. The first-order valence-electron chi connectivity index (χ1n) is 7.69. The molecule has 1 rings (SSSR count). The zero-order valence-corrected chi connectivity index (χ0v) is 13.4. The molecule has 4 heteroatoms. The van der Waals surface area contributed by atoms with Crippen LogP contribution in [0.2, 0.25) is 0 Å². The summed E-state index contributed by atoms with van der Waals surface area (Å²) in [7, 11) is 1.65. The third-order valence-electron chi connectivity index (χ3n) is 4.39. The minimum Gasteiger partial charge on any atom is -0.497 e. The summed E-state index contributed by atoms with van der Waals surface area (Å²) < 4.78 is 5.12. The van der Waals surface area contributed by atoms with Crippen molar-refractivity contribution in [1.29, 1.82) is 0 Å². The molecule has 4 nitrogen and oxygen atoms in total. The van der Waals surface area contributed by atoms with E-state index in [1.165, 1.54) is 0 Å². The molecular formula is C17H28N2O2. The van der Waals surface area contributed by atoms with Crippen LogP contribution in [-0.4, -0.2) is 26.1 Å². The average molecular weight is 292 g/mol. The molecule has 0 saturated heterocycles. The van der Waals surface area contributed by atoms with Gasteiger partial charge in [0.25, 0.3) is 0 Å². The minimum atomic E-state index is 0.0375. The molecule has 0 saturated carbocycles. The van der Waals surface area contributed by atoms with Gasteiger partial charge in [0.1, 0.15) is 5.75 Å². The number of amides is 1. The van der Waals surface area contributed by atoms with E-state index >= 15 is 0 Å². The van der Waals surface area contributed by atoms with Gasteiger partial charge < -0.3 is 15.8 Å². The van der Waals surface area contributed by atoms with Crippen LogP contribution in [0.15, 0.2) is 24.3 Å². The van der Waals surface area contributed by atoms with Crippen LogP contribution in [0, 0.1) is 5.41 Å². The smallest absolute Gasteiger partial charge is 0.220 e. The molecule has 3 N–H and O–H groups in total. The molecule has 0 unspecified atom stereocenters. The number of hydrogen-bond acceptors (Lipinski definition) is 3. The number of aryl methyl sites for hydroxylation is 1. The van der Waals surface area contributed by atoms with Crippen molar-refractivity contribution in [3.8, 4) is 5.75 Å². The Kier molecular flexibility index (Phi) is 7.23. The number of carbonyl (C=O) groups is 1. The SMILES string of the molecule is CCC(CC)(CN)CNC(=O)CCc1ccc(OC)cc1. The lowest BCUT2D eigenvalue weighted by molar-refractivity contribution is -0.121. The second-order valence-electron chi connectivity index (χ2n) is 5.54. The number of hydrogen-bond donors (Lipinski definition) is 2. The highest BCUT2D eigenvalue weighted by molar-refractivity contribution is 5.76. The zero-order valence-electron chi connectivity index (χ0n) is 13.4. The first-order valence-corrected chi connectivity index (χ1v) is 7.69. The van der Waals surface area contributed by atoms with Crippen LogP contribution in [0.3, 0.4) is 0 Å². The number of methoxy groups -OCH3 is 1. The van der Waals surface area contributed by atoms with Crippen molar-refractivity contribution in [3.63, 3.8) is 0 Å². The first kappa shape index (κ1) is 17.5. The fraction of sp³-hybridized carbons (Fsp3) is 0.588. The maximum atomic E-state index is 12.0. The standard InChI is InChI=1S/C17H28N2O2/c1-4-17(5-2,12-18)13-19-16(20)11-8-14-6-9-15(21-3)10-7-14/h6-7,9-10H,4-5,8,11-13,18H2,1-3H3,(H,19,20). The Morgan fingerprint density at radius 1 is 1.24 bits per heavy atom. The molecule has 0 aliphatic heterocycles. The summed E-state index contributed by atoms with van der Waals surface area (Å²) in [6.45, 7) is 5.52. The van der Waals surface area contributed by atoms with Crippen molar-refractivity contribution in [1.82, 2.24) is 5.32 Å². The molecule has 0 aromatic heterocycles. The molecule has 0 aliphatic carbocycles. The number of carbonyl (C=O) groups excluding carboxylic acids is 1. The normalized spacial score (nSPS) is 11.2. The van der Waals surface area contributed by atoms with Crippen LogP contribution in [0.5, 0.6) is 5.75 Å². The van der Waals surface area contributed by atoms with Crippen molar-refractivity contribution in [3.05, 3.63) is 29.8 Å². The van der Waals surface area contributed by atoms with E-state index in [2.05, 4.69) is 19.2 Å². The Bertz CT molecular complexity index is 417. The van der Waals surface area contributed by atoms with Gasteiger partial charge in [-0.2, -0.15) is 0 Å². The molecular weight excluding hydrogens is 264 g/mol. The molecule has 0 aliphatic rings. The maximum Gasteiger partial charge on any atom is 0.220 e. The van der Waals surface area contributed by atoms with E-state index in [0.29, 0.717) is 19.5 Å². The van der Waals surface area contributed by atoms with Crippen molar-refractivity contribution in [2.24, 2.45) is 11.1 Å². The van der Waals surface area contributed by atoms with Crippen molar-refractivity contribution >= 4 is 5.91 Å². The highest BCUT2D eigenvalue weighted by atomic mass is 16.5. The molecule has 0 atom stereocenters. The Morgan fingerprint density at radius 3 is 2.33 bits per heavy atom. The fourth-order valence-corrected chi connectivity index (χ4v) is 2.29. The fourth-order valence-electron chi connectivity index (χ4n) is 2.29. The Hall–Kier alpha value is -1.55. The first-order chi connectivity index (χ1) is 10.1. The van der Waals surface area contributed by atoms with E-state index in [0.717, 1.165) is 30.6 Å². The van der Waals surface area contributed by atoms with Gasteiger partial charge in [0.2, 0.25) is 5.91 Å². The lowest BCUT2D eigenvalue weighted by Crippen LogP contribution is -2.41. The zero-order chi connectivity index (χ0) is 15.7. The molecule has 0 radical (unpaired) electrons. The Labute approximate surface area is 128 Å². The Morgan fingerprint density at radius 2 is 1.86 bits per heavy atom. The molecule has 1 aromatic rings. The largest absolute Gasteiger partial charge is 0.497 e. The second-order valence-corrected chi connectivity index (χ2v) is 5.54. The number of rotatable bonds is 9. The number of benzene rings is 1. The molecule has 21 heavy (non-hydrogen) atoms. The highest BCUT2D eigenvalue weighted by Gasteiger charge is 2.24. The lowest BCUT2D eigenvalue weighted by atomic mass is 9.82.